The van der Waals surface area contributed by atoms with Gasteiger partial charge in [0.05, 0.1) is 0 Å². The standard InChI is InChI=1S/C7H14N2.C2H6/c1-8-4-3-6-7(5-8)9(6)2;1-2/h6-7H,3-5H2,1-2H3;1-2H3. The van der Waals surface area contributed by atoms with Gasteiger partial charge in [0.2, 0.25) is 0 Å². The highest BCUT2D eigenvalue weighted by Crippen LogP contribution is 2.32. The molecule has 0 aromatic heterocycles. The van der Waals surface area contributed by atoms with Crippen LogP contribution in [0.15, 0.2) is 0 Å². The Morgan fingerprint density at radius 1 is 1.09 bits per heavy atom. The summed E-state index contributed by atoms with van der Waals surface area (Å²) < 4.78 is 0. The highest BCUT2D eigenvalue weighted by molar-refractivity contribution is 5.04. The lowest BCUT2D eigenvalue weighted by molar-refractivity contribution is 0.303. The molecule has 0 aromatic rings. The molecule has 2 saturated heterocycles. The van der Waals surface area contributed by atoms with Crippen LogP contribution in [0.1, 0.15) is 20.3 Å². The second kappa shape index (κ2) is 3.55. The van der Waals surface area contributed by atoms with Gasteiger partial charge in [0, 0.05) is 18.6 Å². The highest BCUT2D eigenvalue weighted by Gasteiger charge is 2.46. The average Bonchev–Trinajstić information content (AvgIpc) is 2.66. The molecule has 3 unspecified atom stereocenters. The molecule has 0 saturated carbocycles. The largest absolute Gasteiger partial charge is 0.305 e. The van der Waals surface area contributed by atoms with Gasteiger partial charge in [-0.05, 0) is 27.1 Å². The van der Waals surface area contributed by atoms with E-state index in [4.69, 9.17) is 0 Å². The molecular formula is C9H20N2. The quantitative estimate of drug-likeness (QED) is 0.483. The predicted octanol–water partition coefficient (Wildman–Crippen LogP) is 1.03. The molecule has 0 bridgehead atoms. The Kier molecular flexibility index (Phi) is 2.90. The minimum atomic E-state index is 0.906. The van der Waals surface area contributed by atoms with Crippen molar-refractivity contribution in [1.82, 2.24) is 9.80 Å². The molecular weight excluding hydrogens is 136 g/mol. The van der Waals surface area contributed by atoms with Gasteiger partial charge in [-0.25, -0.2) is 0 Å². The molecule has 0 spiro atoms. The van der Waals surface area contributed by atoms with Crippen molar-refractivity contribution in [2.24, 2.45) is 0 Å². The number of rotatable bonds is 0. The SMILES string of the molecule is CC.CN1CCC2C(C1)N2C. The summed E-state index contributed by atoms with van der Waals surface area (Å²) in [5.41, 5.74) is 0. The van der Waals surface area contributed by atoms with Crippen molar-refractivity contribution in [2.45, 2.75) is 32.4 Å². The number of hydrogen-bond acceptors (Lipinski definition) is 2. The first-order chi connectivity index (χ1) is 5.29. The van der Waals surface area contributed by atoms with Gasteiger partial charge in [-0.15, -0.1) is 0 Å². The van der Waals surface area contributed by atoms with Crippen molar-refractivity contribution in [3.05, 3.63) is 0 Å². The second-order valence-corrected chi connectivity index (χ2v) is 3.35. The second-order valence-electron chi connectivity index (χ2n) is 3.35. The molecule has 0 aromatic carbocycles. The maximum Gasteiger partial charge on any atom is 0.0379 e. The molecule has 0 amide bonds. The van der Waals surface area contributed by atoms with Gasteiger partial charge in [-0.1, -0.05) is 13.8 Å². The highest BCUT2D eigenvalue weighted by atomic mass is 15.4. The molecule has 2 fully saturated rings. The molecule has 2 aliphatic rings. The number of nitrogens with zero attached hydrogens (tertiary/aromatic N) is 2. The zero-order valence-electron chi connectivity index (χ0n) is 8.17. The van der Waals surface area contributed by atoms with Crippen LogP contribution in [0, 0.1) is 0 Å². The first kappa shape index (κ1) is 9.01. The third-order valence-electron chi connectivity index (χ3n) is 2.71. The minimum absolute atomic E-state index is 0.906. The van der Waals surface area contributed by atoms with Crippen LogP contribution >= 0.6 is 0 Å². The van der Waals surface area contributed by atoms with E-state index in [1.54, 1.807) is 0 Å². The number of likely N-dealkylation sites (N-methyl/N-ethyl adjacent to an activating group) is 2. The zero-order valence-corrected chi connectivity index (χ0v) is 8.17. The Bertz CT molecular complexity index is 125. The van der Waals surface area contributed by atoms with Crippen LogP contribution in [0.3, 0.4) is 0 Å². The van der Waals surface area contributed by atoms with Gasteiger partial charge in [0.25, 0.3) is 0 Å². The molecule has 2 heterocycles. The average molecular weight is 156 g/mol. The molecule has 66 valence electrons. The van der Waals surface area contributed by atoms with Crippen LogP contribution in [-0.2, 0) is 0 Å². The van der Waals surface area contributed by atoms with Gasteiger partial charge in [0.15, 0.2) is 0 Å². The first-order valence-electron chi connectivity index (χ1n) is 4.69. The molecule has 0 N–H and O–H groups in total. The van der Waals surface area contributed by atoms with E-state index in [-0.39, 0.29) is 0 Å². The van der Waals surface area contributed by atoms with Crippen LogP contribution in [0.4, 0.5) is 0 Å². The lowest BCUT2D eigenvalue weighted by Crippen LogP contribution is -2.30. The minimum Gasteiger partial charge on any atom is -0.305 e. The fourth-order valence-electron chi connectivity index (χ4n) is 1.88. The lowest BCUT2D eigenvalue weighted by atomic mass is 10.1. The molecule has 3 atom stereocenters. The van der Waals surface area contributed by atoms with E-state index >= 15 is 0 Å². The van der Waals surface area contributed by atoms with Crippen molar-refractivity contribution >= 4 is 0 Å². The predicted molar refractivity (Wildman–Crippen MR) is 48.8 cm³/mol. The topological polar surface area (TPSA) is 6.25 Å². The van der Waals surface area contributed by atoms with Gasteiger partial charge in [-0.3, -0.25) is 4.90 Å². The molecule has 2 aliphatic heterocycles. The van der Waals surface area contributed by atoms with Crippen molar-refractivity contribution in [1.29, 1.82) is 0 Å². The number of likely N-dealkylation sites (tertiary alicyclic amines) is 1. The van der Waals surface area contributed by atoms with Crippen LogP contribution in [0.2, 0.25) is 0 Å². The number of fused-ring (bicyclic) bond motifs is 1. The van der Waals surface area contributed by atoms with E-state index in [1.165, 1.54) is 19.5 Å². The van der Waals surface area contributed by atoms with E-state index in [0.29, 0.717) is 0 Å². The summed E-state index contributed by atoms with van der Waals surface area (Å²) in [6.45, 7) is 6.59. The van der Waals surface area contributed by atoms with Crippen molar-refractivity contribution in [3.63, 3.8) is 0 Å². The molecule has 11 heavy (non-hydrogen) atoms. The first-order valence-corrected chi connectivity index (χ1v) is 4.69. The van der Waals surface area contributed by atoms with Crippen LogP contribution in [0.5, 0.6) is 0 Å². The molecule has 2 rings (SSSR count). The summed E-state index contributed by atoms with van der Waals surface area (Å²) in [6.07, 6.45) is 1.39. The Labute approximate surface area is 70.2 Å². The monoisotopic (exact) mass is 156 g/mol. The Balaban J connectivity index is 0.000000281. The summed E-state index contributed by atoms with van der Waals surface area (Å²) in [6, 6.07) is 1.85. The molecule has 0 radical (unpaired) electrons. The third-order valence-corrected chi connectivity index (χ3v) is 2.71. The zero-order chi connectivity index (χ0) is 8.43. The van der Waals surface area contributed by atoms with Gasteiger partial charge >= 0.3 is 0 Å². The van der Waals surface area contributed by atoms with Gasteiger partial charge in [0.1, 0.15) is 0 Å². The van der Waals surface area contributed by atoms with E-state index in [2.05, 4.69) is 23.9 Å². The molecule has 2 heteroatoms. The summed E-state index contributed by atoms with van der Waals surface area (Å²) in [5, 5.41) is 0. The van der Waals surface area contributed by atoms with E-state index in [0.717, 1.165) is 12.1 Å². The van der Waals surface area contributed by atoms with Crippen molar-refractivity contribution in [2.75, 3.05) is 27.2 Å². The van der Waals surface area contributed by atoms with E-state index in [9.17, 15) is 0 Å². The van der Waals surface area contributed by atoms with Gasteiger partial charge in [-0.2, -0.15) is 0 Å². The molecule has 0 aliphatic carbocycles. The van der Waals surface area contributed by atoms with Crippen molar-refractivity contribution in [3.8, 4) is 0 Å². The fourth-order valence-corrected chi connectivity index (χ4v) is 1.88. The normalized spacial score (nSPS) is 42.0. The number of hydrogen-bond donors (Lipinski definition) is 0. The smallest absolute Gasteiger partial charge is 0.0379 e. The van der Waals surface area contributed by atoms with E-state index < -0.39 is 0 Å². The summed E-state index contributed by atoms with van der Waals surface area (Å²) in [4.78, 5) is 4.90. The Morgan fingerprint density at radius 3 is 2.18 bits per heavy atom. The van der Waals surface area contributed by atoms with Crippen LogP contribution in [-0.4, -0.2) is 49.1 Å². The summed E-state index contributed by atoms with van der Waals surface area (Å²) in [7, 11) is 4.44. The third kappa shape index (κ3) is 1.74. The van der Waals surface area contributed by atoms with Crippen LogP contribution < -0.4 is 0 Å². The summed E-state index contributed by atoms with van der Waals surface area (Å²) >= 11 is 0. The van der Waals surface area contributed by atoms with Gasteiger partial charge < -0.3 is 4.90 Å². The number of piperidine rings is 1. The summed E-state index contributed by atoms with van der Waals surface area (Å²) in [5.74, 6) is 0. The fraction of sp³-hybridized carbons (Fsp3) is 1.00. The van der Waals surface area contributed by atoms with E-state index in [1.807, 2.05) is 13.8 Å². The Morgan fingerprint density at radius 2 is 1.73 bits per heavy atom. The maximum atomic E-state index is 2.48. The van der Waals surface area contributed by atoms with Crippen molar-refractivity contribution < 1.29 is 0 Å². The molecule has 2 nitrogen and oxygen atoms in total. The Hall–Kier alpha value is -0.0800. The van der Waals surface area contributed by atoms with Crippen LogP contribution in [0.25, 0.3) is 0 Å². The maximum absolute atomic E-state index is 2.48. The lowest BCUT2D eigenvalue weighted by Gasteiger charge is -2.18.